The topological polar surface area (TPSA) is 63.1 Å². The van der Waals surface area contributed by atoms with E-state index in [1.807, 2.05) is 11.1 Å². The Bertz CT molecular complexity index is 482. The van der Waals surface area contributed by atoms with E-state index in [1.54, 1.807) is 4.68 Å². The first-order valence-electron chi connectivity index (χ1n) is 8.11. The van der Waals surface area contributed by atoms with E-state index in [9.17, 15) is 4.79 Å². The number of rotatable bonds is 6. The summed E-state index contributed by atoms with van der Waals surface area (Å²) in [6.07, 6.45) is 8.03. The Kier molecular flexibility index (Phi) is 4.53. The molecule has 6 nitrogen and oxygen atoms in total. The summed E-state index contributed by atoms with van der Waals surface area (Å²) in [6.45, 7) is 5.12. The van der Waals surface area contributed by atoms with Gasteiger partial charge < -0.3 is 10.2 Å². The van der Waals surface area contributed by atoms with Crippen LogP contribution in [-0.4, -0.2) is 44.9 Å². The molecule has 1 atom stereocenters. The largest absolute Gasteiger partial charge is 0.338 e. The minimum atomic E-state index is 0.157. The summed E-state index contributed by atoms with van der Waals surface area (Å²) in [5.41, 5.74) is 0.912. The van der Waals surface area contributed by atoms with E-state index in [0.29, 0.717) is 12.6 Å². The van der Waals surface area contributed by atoms with Crippen molar-refractivity contribution in [2.75, 3.05) is 13.1 Å². The molecule has 6 heteroatoms. The first-order chi connectivity index (χ1) is 10.2. The summed E-state index contributed by atoms with van der Waals surface area (Å²) in [4.78, 5) is 14.3. The molecular weight excluding hydrogens is 266 g/mol. The molecule has 21 heavy (non-hydrogen) atoms. The molecule has 0 radical (unpaired) electrons. The van der Waals surface area contributed by atoms with Crippen LogP contribution >= 0.6 is 0 Å². The molecular formula is C15H25N5O. The second kappa shape index (κ2) is 6.56. The van der Waals surface area contributed by atoms with Crippen LogP contribution in [0.5, 0.6) is 0 Å². The molecule has 2 heterocycles. The van der Waals surface area contributed by atoms with Crippen molar-refractivity contribution < 1.29 is 4.79 Å². The van der Waals surface area contributed by atoms with Crippen LogP contribution in [0.3, 0.4) is 0 Å². The van der Waals surface area contributed by atoms with Crippen molar-refractivity contribution in [2.24, 2.45) is 5.92 Å². The normalized spacial score (nSPS) is 22.5. The van der Waals surface area contributed by atoms with Crippen LogP contribution in [0, 0.1) is 5.92 Å². The van der Waals surface area contributed by atoms with E-state index in [4.69, 9.17) is 0 Å². The van der Waals surface area contributed by atoms with Crippen molar-refractivity contribution in [3.8, 4) is 0 Å². The second-order valence-corrected chi connectivity index (χ2v) is 6.41. The van der Waals surface area contributed by atoms with E-state index in [1.165, 1.54) is 19.3 Å². The number of aromatic nitrogens is 3. The molecule has 1 N–H and O–H groups in total. The predicted octanol–water partition coefficient (Wildman–Crippen LogP) is 1.18. The van der Waals surface area contributed by atoms with Gasteiger partial charge in [0.25, 0.3) is 0 Å². The SMILES string of the molecule is CC1CCCCN1C(=O)Cn1cc(CNCC2CC2)nn1. The van der Waals surface area contributed by atoms with Crippen molar-refractivity contribution in [1.29, 1.82) is 0 Å². The molecule has 1 saturated heterocycles. The van der Waals surface area contributed by atoms with Gasteiger partial charge in [-0.2, -0.15) is 0 Å². The van der Waals surface area contributed by atoms with Gasteiger partial charge in [0.05, 0.1) is 11.9 Å². The maximum absolute atomic E-state index is 12.3. The zero-order valence-electron chi connectivity index (χ0n) is 12.8. The molecule has 1 aliphatic heterocycles. The minimum Gasteiger partial charge on any atom is -0.338 e. The summed E-state index contributed by atoms with van der Waals surface area (Å²) >= 11 is 0. The fraction of sp³-hybridized carbons (Fsp3) is 0.800. The van der Waals surface area contributed by atoms with Gasteiger partial charge in [0.2, 0.25) is 5.91 Å². The van der Waals surface area contributed by atoms with Gasteiger partial charge in [-0.3, -0.25) is 4.79 Å². The van der Waals surface area contributed by atoms with Gasteiger partial charge >= 0.3 is 0 Å². The lowest BCUT2D eigenvalue weighted by molar-refractivity contribution is -0.135. The smallest absolute Gasteiger partial charge is 0.244 e. The lowest BCUT2D eigenvalue weighted by Crippen LogP contribution is -2.43. The van der Waals surface area contributed by atoms with E-state index in [2.05, 4.69) is 22.6 Å². The third kappa shape index (κ3) is 4.03. The van der Waals surface area contributed by atoms with Gasteiger partial charge in [-0.1, -0.05) is 5.21 Å². The quantitative estimate of drug-likeness (QED) is 0.855. The van der Waals surface area contributed by atoms with E-state index < -0.39 is 0 Å². The van der Waals surface area contributed by atoms with Crippen LogP contribution in [0.1, 0.15) is 44.7 Å². The van der Waals surface area contributed by atoms with Gasteiger partial charge in [-0.25, -0.2) is 4.68 Å². The zero-order valence-corrected chi connectivity index (χ0v) is 12.8. The summed E-state index contributed by atoms with van der Waals surface area (Å²) in [5.74, 6) is 1.02. The average Bonchev–Trinajstić information content (AvgIpc) is 3.19. The van der Waals surface area contributed by atoms with Crippen molar-refractivity contribution in [1.82, 2.24) is 25.2 Å². The fourth-order valence-electron chi connectivity index (χ4n) is 2.92. The molecule has 1 aliphatic carbocycles. The minimum absolute atomic E-state index is 0.157. The lowest BCUT2D eigenvalue weighted by Gasteiger charge is -2.33. The van der Waals surface area contributed by atoms with Crippen LogP contribution in [-0.2, 0) is 17.9 Å². The third-order valence-corrected chi connectivity index (χ3v) is 4.44. The highest BCUT2D eigenvalue weighted by Gasteiger charge is 2.23. The summed E-state index contributed by atoms with van der Waals surface area (Å²) in [7, 11) is 0. The van der Waals surface area contributed by atoms with Crippen LogP contribution in [0.2, 0.25) is 0 Å². The Labute approximate surface area is 125 Å². The molecule has 0 bridgehead atoms. The van der Waals surface area contributed by atoms with Crippen LogP contribution in [0.25, 0.3) is 0 Å². The predicted molar refractivity (Wildman–Crippen MR) is 79.5 cm³/mol. The zero-order chi connectivity index (χ0) is 14.7. The highest BCUT2D eigenvalue weighted by Crippen LogP contribution is 2.27. The van der Waals surface area contributed by atoms with E-state index in [0.717, 1.165) is 44.1 Å². The second-order valence-electron chi connectivity index (χ2n) is 6.41. The summed E-state index contributed by atoms with van der Waals surface area (Å²) < 4.78 is 1.66. The maximum Gasteiger partial charge on any atom is 0.244 e. The van der Waals surface area contributed by atoms with Crippen LogP contribution in [0.4, 0.5) is 0 Å². The fourth-order valence-corrected chi connectivity index (χ4v) is 2.92. The summed E-state index contributed by atoms with van der Waals surface area (Å²) in [6, 6.07) is 0.356. The van der Waals surface area contributed by atoms with Crippen LogP contribution in [0.15, 0.2) is 6.20 Å². The molecule has 2 aliphatic rings. The third-order valence-electron chi connectivity index (χ3n) is 4.44. The highest BCUT2D eigenvalue weighted by atomic mass is 16.2. The van der Waals surface area contributed by atoms with Crippen molar-refractivity contribution in [3.05, 3.63) is 11.9 Å². The Morgan fingerprint density at radius 3 is 3.00 bits per heavy atom. The van der Waals surface area contributed by atoms with Gasteiger partial charge in [0.1, 0.15) is 6.54 Å². The van der Waals surface area contributed by atoms with E-state index in [-0.39, 0.29) is 5.91 Å². The first-order valence-corrected chi connectivity index (χ1v) is 8.11. The molecule has 0 spiro atoms. The van der Waals surface area contributed by atoms with Crippen molar-refractivity contribution >= 4 is 5.91 Å². The Morgan fingerprint density at radius 1 is 1.38 bits per heavy atom. The molecule has 1 amide bonds. The number of nitrogens with zero attached hydrogens (tertiary/aromatic N) is 4. The van der Waals surface area contributed by atoms with E-state index >= 15 is 0 Å². The van der Waals surface area contributed by atoms with Gasteiger partial charge in [-0.05, 0) is 51.5 Å². The standard InChI is InChI=1S/C15H25N5O/c1-12-4-2-3-7-20(12)15(21)11-19-10-14(17-18-19)9-16-8-13-5-6-13/h10,12-13,16H,2-9,11H2,1H3. The first kappa shape index (κ1) is 14.5. The van der Waals surface area contributed by atoms with Gasteiger partial charge in [0, 0.05) is 19.1 Å². The number of likely N-dealkylation sites (tertiary alicyclic amines) is 1. The Morgan fingerprint density at radius 2 is 2.24 bits per heavy atom. The maximum atomic E-state index is 12.3. The number of carbonyl (C=O) groups excluding carboxylic acids is 1. The number of amides is 1. The monoisotopic (exact) mass is 291 g/mol. The highest BCUT2D eigenvalue weighted by molar-refractivity contribution is 5.76. The Balaban J connectivity index is 1.47. The molecule has 2 fully saturated rings. The number of hydrogen-bond acceptors (Lipinski definition) is 4. The molecule has 116 valence electrons. The van der Waals surface area contributed by atoms with Gasteiger partial charge in [0.15, 0.2) is 0 Å². The number of nitrogens with one attached hydrogen (secondary N) is 1. The lowest BCUT2D eigenvalue weighted by atomic mass is 10.0. The number of hydrogen-bond donors (Lipinski definition) is 1. The molecule has 1 unspecified atom stereocenters. The molecule has 1 saturated carbocycles. The molecule has 1 aromatic heterocycles. The molecule has 0 aromatic carbocycles. The number of piperidine rings is 1. The van der Waals surface area contributed by atoms with Gasteiger partial charge in [-0.15, -0.1) is 5.10 Å². The summed E-state index contributed by atoms with van der Waals surface area (Å²) in [5, 5.41) is 11.6. The van der Waals surface area contributed by atoms with Crippen LogP contribution < -0.4 is 5.32 Å². The molecule has 3 rings (SSSR count). The number of carbonyl (C=O) groups is 1. The average molecular weight is 291 g/mol. The van der Waals surface area contributed by atoms with Crippen molar-refractivity contribution in [2.45, 2.75) is 58.2 Å². The Hall–Kier alpha value is -1.43. The molecule has 1 aromatic rings. The van der Waals surface area contributed by atoms with Crippen molar-refractivity contribution in [3.63, 3.8) is 0 Å².